The van der Waals surface area contributed by atoms with Crippen LogP contribution in [-0.2, 0) is 18.2 Å². The molecule has 0 saturated heterocycles. The minimum atomic E-state index is 0.0323. The number of aryl methyl sites for hydroxylation is 1. The first-order valence-corrected chi connectivity index (χ1v) is 6.66. The van der Waals surface area contributed by atoms with Crippen molar-refractivity contribution < 1.29 is 4.74 Å². The number of ether oxygens (including phenoxy) is 1. The molecular weight excluding hydrogens is 238 g/mol. The van der Waals surface area contributed by atoms with E-state index >= 15 is 0 Å². The first-order chi connectivity index (χ1) is 9.29. The van der Waals surface area contributed by atoms with E-state index in [9.17, 15) is 0 Å². The van der Waals surface area contributed by atoms with E-state index in [1.54, 1.807) is 0 Å². The Morgan fingerprint density at radius 3 is 2.95 bits per heavy atom. The van der Waals surface area contributed by atoms with Crippen LogP contribution in [0.15, 0.2) is 36.5 Å². The van der Waals surface area contributed by atoms with Gasteiger partial charge in [0, 0.05) is 13.2 Å². The molecule has 100 valence electrons. The van der Waals surface area contributed by atoms with Gasteiger partial charge in [-0.25, -0.2) is 0 Å². The highest BCUT2D eigenvalue weighted by Crippen LogP contribution is 2.36. The molecule has 2 heterocycles. The van der Waals surface area contributed by atoms with Gasteiger partial charge in [0.2, 0.25) is 0 Å². The smallest absolute Gasteiger partial charge is 0.104 e. The maximum absolute atomic E-state index is 6.01. The van der Waals surface area contributed by atoms with Crippen molar-refractivity contribution in [2.75, 3.05) is 13.7 Å². The molecule has 3 rings (SSSR count). The lowest BCUT2D eigenvalue weighted by Gasteiger charge is -2.31. The third-order valence-corrected chi connectivity index (χ3v) is 3.70. The number of nitrogens with one attached hydrogen (secondary N) is 1. The zero-order valence-electron chi connectivity index (χ0n) is 11.3. The molecule has 2 atom stereocenters. The Morgan fingerprint density at radius 2 is 2.21 bits per heavy atom. The van der Waals surface area contributed by atoms with Crippen molar-refractivity contribution >= 4 is 0 Å². The molecule has 4 heteroatoms. The van der Waals surface area contributed by atoms with Crippen LogP contribution >= 0.6 is 0 Å². The van der Waals surface area contributed by atoms with E-state index in [1.165, 1.54) is 11.1 Å². The summed E-state index contributed by atoms with van der Waals surface area (Å²) in [7, 11) is 3.89. The molecule has 0 amide bonds. The van der Waals surface area contributed by atoms with Gasteiger partial charge in [-0.2, -0.15) is 5.10 Å². The monoisotopic (exact) mass is 257 g/mol. The SMILES string of the molecule is CNC(c1ccn(C)n1)C1OCCc2ccccc21. The number of rotatable bonds is 3. The molecule has 0 spiro atoms. The number of hydrogen-bond donors (Lipinski definition) is 1. The fourth-order valence-corrected chi connectivity index (χ4v) is 2.75. The molecule has 1 aromatic carbocycles. The number of fused-ring (bicyclic) bond motifs is 1. The Hall–Kier alpha value is -1.65. The molecule has 2 aromatic rings. The summed E-state index contributed by atoms with van der Waals surface area (Å²) >= 11 is 0. The summed E-state index contributed by atoms with van der Waals surface area (Å²) in [6, 6.07) is 10.6. The van der Waals surface area contributed by atoms with Crippen molar-refractivity contribution in [2.24, 2.45) is 7.05 Å². The maximum atomic E-state index is 6.01. The number of hydrogen-bond acceptors (Lipinski definition) is 3. The van der Waals surface area contributed by atoms with Gasteiger partial charge in [-0.1, -0.05) is 24.3 Å². The Balaban J connectivity index is 1.97. The summed E-state index contributed by atoms with van der Waals surface area (Å²) in [5, 5.41) is 7.85. The fourth-order valence-electron chi connectivity index (χ4n) is 2.75. The van der Waals surface area contributed by atoms with Gasteiger partial charge in [0.15, 0.2) is 0 Å². The zero-order chi connectivity index (χ0) is 13.2. The highest BCUT2D eigenvalue weighted by Gasteiger charge is 2.30. The minimum Gasteiger partial charge on any atom is -0.371 e. The topological polar surface area (TPSA) is 39.1 Å². The van der Waals surface area contributed by atoms with Crippen LogP contribution in [0.4, 0.5) is 0 Å². The molecule has 1 aliphatic rings. The van der Waals surface area contributed by atoms with Crippen LogP contribution < -0.4 is 5.32 Å². The summed E-state index contributed by atoms with van der Waals surface area (Å²) in [4.78, 5) is 0. The molecule has 19 heavy (non-hydrogen) atoms. The predicted molar refractivity (Wildman–Crippen MR) is 73.8 cm³/mol. The second kappa shape index (κ2) is 5.15. The molecule has 0 saturated carbocycles. The highest BCUT2D eigenvalue weighted by molar-refractivity contribution is 5.33. The minimum absolute atomic E-state index is 0.0323. The summed E-state index contributed by atoms with van der Waals surface area (Å²) < 4.78 is 7.84. The van der Waals surface area contributed by atoms with Crippen molar-refractivity contribution in [1.29, 1.82) is 0 Å². The average molecular weight is 257 g/mol. The quantitative estimate of drug-likeness (QED) is 0.914. The lowest BCUT2D eigenvalue weighted by atomic mass is 9.92. The highest BCUT2D eigenvalue weighted by atomic mass is 16.5. The van der Waals surface area contributed by atoms with Crippen molar-refractivity contribution in [3.8, 4) is 0 Å². The lowest BCUT2D eigenvalue weighted by molar-refractivity contribution is 0.0155. The molecule has 1 aromatic heterocycles. The van der Waals surface area contributed by atoms with E-state index in [4.69, 9.17) is 4.74 Å². The second-order valence-electron chi connectivity index (χ2n) is 4.92. The Bertz CT molecular complexity index is 564. The third-order valence-electron chi connectivity index (χ3n) is 3.70. The van der Waals surface area contributed by atoms with Gasteiger partial charge < -0.3 is 10.1 Å². The van der Waals surface area contributed by atoms with Gasteiger partial charge in [-0.05, 0) is 30.7 Å². The molecule has 0 radical (unpaired) electrons. The van der Waals surface area contributed by atoms with E-state index in [1.807, 2.05) is 31.0 Å². The zero-order valence-corrected chi connectivity index (χ0v) is 11.3. The summed E-state index contributed by atoms with van der Waals surface area (Å²) in [6.07, 6.45) is 2.99. The molecular formula is C15H19N3O. The van der Waals surface area contributed by atoms with E-state index in [-0.39, 0.29) is 12.1 Å². The first kappa shape index (κ1) is 12.4. The van der Waals surface area contributed by atoms with E-state index in [2.05, 4.69) is 34.7 Å². The maximum Gasteiger partial charge on any atom is 0.104 e. The fraction of sp³-hybridized carbons (Fsp3) is 0.400. The van der Waals surface area contributed by atoms with E-state index in [0.717, 1.165) is 18.7 Å². The van der Waals surface area contributed by atoms with Crippen molar-refractivity contribution in [3.05, 3.63) is 53.3 Å². The number of nitrogens with zero attached hydrogens (tertiary/aromatic N) is 2. The number of aromatic nitrogens is 2. The van der Waals surface area contributed by atoms with E-state index < -0.39 is 0 Å². The van der Waals surface area contributed by atoms with Crippen LogP contribution in [0, 0.1) is 0 Å². The van der Waals surface area contributed by atoms with Crippen molar-refractivity contribution in [1.82, 2.24) is 15.1 Å². The van der Waals surface area contributed by atoms with Crippen molar-refractivity contribution in [3.63, 3.8) is 0 Å². The average Bonchev–Trinajstić information content (AvgIpc) is 2.86. The van der Waals surface area contributed by atoms with Crippen molar-refractivity contribution in [2.45, 2.75) is 18.6 Å². The predicted octanol–water partition coefficient (Wildman–Crippen LogP) is 1.99. The third kappa shape index (κ3) is 2.29. The van der Waals surface area contributed by atoms with Crippen LogP contribution in [0.25, 0.3) is 0 Å². The van der Waals surface area contributed by atoms with Gasteiger partial charge in [0.1, 0.15) is 6.10 Å². The molecule has 0 fully saturated rings. The van der Waals surface area contributed by atoms with Crippen LogP contribution in [-0.4, -0.2) is 23.4 Å². The van der Waals surface area contributed by atoms with Gasteiger partial charge in [0.05, 0.1) is 18.3 Å². The largest absolute Gasteiger partial charge is 0.371 e. The normalized spacial score (nSPS) is 20.0. The molecule has 4 nitrogen and oxygen atoms in total. The van der Waals surface area contributed by atoms with Gasteiger partial charge >= 0.3 is 0 Å². The molecule has 1 aliphatic heterocycles. The summed E-state index contributed by atoms with van der Waals surface area (Å²) in [6.45, 7) is 0.771. The Labute approximate surface area is 113 Å². The molecule has 1 N–H and O–H groups in total. The van der Waals surface area contributed by atoms with Gasteiger partial charge in [0.25, 0.3) is 0 Å². The van der Waals surface area contributed by atoms with Crippen LogP contribution in [0.1, 0.15) is 29.0 Å². The Kier molecular flexibility index (Phi) is 3.36. The summed E-state index contributed by atoms with van der Waals surface area (Å²) in [5.74, 6) is 0. The second-order valence-corrected chi connectivity index (χ2v) is 4.92. The van der Waals surface area contributed by atoms with Crippen LogP contribution in [0.5, 0.6) is 0 Å². The number of benzene rings is 1. The lowest BCUT2D eigenvalue weighted by Crippen LogP contribution is -2.30. The summed E-state index contributed by atoms with van der Waals surface area (Å²) in [5.41, 5.74) is 3.68. The number of likely N-dealkylation sites (N-methyl/N-ethyl adjacent to an activating group) is 1. The van der Waals surface area contributed by atoms with Gasteiger partial charge in [-0.15, -0.1) is 0 Å². The standard InChI is InChI=1S/C15H19N3O/c1-16-14(13-7-9-18(2)17-13)15-12-6-4-3-5-11(12)8-10-19-15/h3-7,9,14-16H,8,10H2,1-2H3. The van der Waals surface area contributed by atoms with Crippen LogP contribution in [0.2, 0.25) is 0 Å². The van der Waals surface area contributed by atoms with Crippen LogP contribution in [0.3, 0.4) is 0 Å². The molecule has 2 unspecified atom stereocenters. The first-order valence-electron chi connectivity index (χ1n) is 6.66. The Morgan fingerprint density at radius 1 is 1.37 bits per heavy atom. The van der Waals surface area contributed by atoms with E-state index in [0.29, 0.717) is 0 Å². The molecule has 0 aliphatic carbocycles. The van der Waals surface area contributed by atoms with Gasteiger partial charge in [-0.3, -0.25) is 4.68 Å². The molecule has 0 bridgehead atoms.